The highest BCUT2D eigenvalue weighted by Crippen LogP contribution is 2.22. The number of hydrogen-bond acceptors (Lipinski definition) is 3. The zero-order chi connectivity index (χ0) is 19.7. The summed E-state index contributed by atoms with van der Waals surface area (Å²) in [5, 5.41) is 2.71. The van der Waals surface area contributed by atoms with Crippen LogP contribution in [0.4, 0.5) is 4.39 Å². The van der Waals surface area contributed by atoms with Crippen molar-refractivity contribution in [1.82, 2.24) is 10.2 Å². The van der Waals surface area contributed by atoms with Crippen LogP contribution in [0.3, 0.4) is 0 Å². The standard InChI is InChI=1S/C16H21ClFN5O2S/c1-5-19-15(18)21-11-12(3)23(4)16(20-6-2)22-26(24,25)14-10-8-7-9-13(14)17/h6-12H,2,5H2,1,3-4H3,(H,20,22). The maximum atomic E-state index is 13.3. The van der Waals surface area contributed by atoms with Crippen molar-refractivity contribution < 1.29 is 12.8 Å². The quantitative estimate of drug-likeness (QED) is 0.451. The molecule has 0 aliphatic rings. The van der Waals surface area contributed by atoms with E-state index in [1.165, 1.54) is 29.4 Å². The summed E-state index contributed by atoms with van der Waals surface area (Å²) in [4.78, 5) is 8.42. The molecule has 0 aliphatic carbocycles. The van der Waals surface area contributed by atoms with Gasteiger partial charge >= 0.3 is 6.09 Å². The highest BCUT2D eigenvalue weighted by atomic mass is 35.5. The zero-order valence-corrected chi connectivity index (χ0v) is 16.3. The Hall–Kier alpha value is -2.26. The van der Waals surface area contributed by atoms with Crippen LogP contribution >= 0.6 is 11.6 Å². The van der Waals surface area contributed by atoms with Crippen molar-refractivity contribution in [2.75, 3.05) is 13.6 Å². The minimum Gasteiger partial charge on any atom is -0.337 e. The van der Waals surface area contributed by atoms with E-state index in [9.17, 15) is 12.8 Å². The molecule has 0 aromatic heterocycles. The van der Waals surface area contributed by atoms with Gasteiger partial charge in [0.1, 0.15) is 4.90 Å². The van der Waals surface area contributed by atoms with E-state index in [2.05, 4.69) is 26.3 Å². The third kappa shape index (κ3) is 6.23. The van der Waals surface area contributed by atoms with Gasteiger partial charge in [-0.2, -0.15) is 12.8 Å². The van der Waals surface area contributed by atoms with Crippen LogP contribution in [0.5, 0.6) is 0 Å². The predicted molar refractivity (Wildman–Crippen MR) is 104 cm³/mol. The molecule has 1 rings (SSSR count). The summed E-state index contributed by atoms with van der Waals surface area (Å²) < 4.78 is 42.1. The number of halogens is 2. The highest BCUT2D eigenvalue weighted by Gasteiger charge is 2.20. The summed E-state index contributed by atoms with van der Waals surface area (Å²) in [6.45, 7) is 7.15. The largest absolute Gasteiger partial charge is 0.337 e. The molecular weight excluding hydrogens is 381 g/mol. The Labute approximate surface area is 158 Å². The number of rotatable bonds is 6. The molecule has 0 fully saturated rings. The van der Waals surface area contributed by atoms with Crippen molar-refractivity contribution in [2.45, 2.75) is 24.8 Å². The van der Waals surface area contributed by atoms with E-state index in [0.717, 1.165) is 0 Å². The number of nitrogens with one attached hydrogen (secondary N) is 1. The van der Waals surface area contributed by atoms with Gasteiger partial charge < -0.3 is 10.2 Å². The first-order valence-corrected chi connectivity index (χ1v) is 9.48. The third-order valence-electron chi connectivity index (χ3n) is 3.18. The molecule has 10 heteroatoms. The molecule has 0 saturated carbocycles. The fourth-order valence-electron chi connectivity index (χ4n) is 1.73. The molecule has 0 amide bonds. The molecule has 26 heavy (non-hydrogen) atoms. The molecule has 1 N–H and O–H groups in total. The lowest BCUT2D eigenvalue weighted by molar-refractivity contribution is 0.467. The van der Waals surface area contributed by atoms with Crippen LogP contribution in [0, 0.1) is 0 Å². The van der Waals surface area contributed by atoms with Gasteiger partial charge in [0.2, 0.25) is 5.96 Å². The molecule has 0 bridgehead atoms. The molecule has 1 atom stereocenters. The van der Waals surface area contributed by atoms with Crippen molar-refractivity contribution in [3.05, 3.63) is 42.1 Å². The van der Waals surface area contributed by atoms with Crippen molar-refractivity contribution >= 4 is 39.9 Å². The fourth-order valence-corrected chi connectivity index (χ4v) is 3.24. The molecular formula is C16H21ClFN5O2S. The summed E-state index contributed by atoms with van der Waals surface area (Å²) in [6, 6.07) is 5.49. The van der Waals surface area contributed by atoms with Crippen molar-refractivity contribution in [1.29, 1.82) is 0 Å². The van der Waals surface area contributed by atoms with E-state index in [4.69, 9.17) is 11.6 Å². The number of aliphatic imine (C=N–C) groups is 2. The van der Waals surface area contributed by atoms with Crippen molar-refractivity contribution in [2.24, 2.45) is 14.4 Å². The Kier molecular flexibility index (Phi) is 8.40. The number of sulfonamides is 1. The summed E-state index contributed by atoms with van der Waals surface area (Å²) in [5.41, 5.74) is 0. The van der Waals surface area contributed by atoms with E-state index < -0.39 is 22.2 Å². The molecule has 1 aromatic carbocycles. The van der Waals surface area contributed by atoms with Crippen molar-refractivity contribution in [3.8, 4) is 0 Å². The van der Waals surface area contributed by atoms with E-state index in [0.29, 0.717) is 0 Å². The second-order valence-corrected chi connectivity index (χ2v) is 7.02. The number of guanidine groups is 1. The molecule has 0 radical (unpaired) electrons. The summed E-state index contributed by atoms with van der Waals surface area (Å²) in [6.07, 6.45) is 1.71. The number of benzene rings is 1. The monoisotopic (exact) mass is 401 g/mol. The average Bonchev–Trinajstić information content (AvgIpc) is 2.59. The van der Waals surface area contributed by atoms with E-state index >= 15 is 0 Å². The first kappa shape index (κ1) is 21.8. The molecule has 142 valence electrons. The fraction of sp³-hybridized carbons (Fsp3) is 0.312. The van der Waals surface area contributed by atoms with Crippen LogP contribution in [0.1, 0.15) is 13.8 Å². The van der Waals surface area contributed by atoms with E-state index in [-0.39, 0.29) is 22.4 Å². The molecule has 7 nitrogen and oxygen atoms in total. The minimum atomic E-state index is -4.07. The highest BCUT2D eigenvalue weighted by molar-refractivity contribution is 7.90. The molecule has 0 spiro atoms. The first-order valence-electron chi connectivity index (χ1n) is 7.66. The second-order valence-electron chi connectivity index (χ2n) is 5.04. The summed E-state index contributed by atoms with van der Waals surface area (Å²) in [7, 11) is -2.50. The molecule has 0 heterocycles. The molecule has 1 aromatic rings. The second kappa shape index (κ2) is 10.0. The lowest BCUT2D eigenvalue weighted by atomic mass is 10.3. The Balaban J connectivity index is 3.17. The maximum absolute atomic E-state index is 13.3. The van der Waals surface area contributed by atoms with E-state index in [1.807, 2.05) is 0 Å². The van der Waals surface area contributed by atoms with Crippen LogP contribution in [-0.2, 0) is 10.0 Å². The molecule has 1 unspecified atom stereocenters. The Morgan fingerprint density at radius 1 is 1.46 bits per heavy atom. The maximum Gasteiger partial charge on any atom is 0.303 e. The van der Waals surface area contributed by atoms with Crippen LogP contribution in [0.15, 0.2) is 56.3 Å². The number of nitrogens with zero attached hydrogens (tertiary/aromatic N) is 4. The van der Waals surface area contributed by atoms with Gasteiger partial charge in [0, 0.05) is 19.8 Å². The zero-order valence-electron chi connectivity index (χ0n) is 14.7. The Morgan fingerprint density at radius 3 is 2.69 bits per heavy atom. The van der Waals surface area contributed by atoms with Gasteiger partial charge in [-0.3, -0.25) is 0 Å². The van der Waals surface area contributed by atoms with Gasteiger partial charge in [0.15, 0.2) is 0 Å². The van der Waals surface area contributed by atoms with Crippen LogP contribution < -0.4 is 5.32 Å². The lowest BCUT2D eigenvalue weighted by Crippen LogP contribution is -2.43. The van der Waals surface area contributed by atoms with Crippen LogP contribution in [0.2, 0.25) is 5.02 Å². The van der Waals surface area contributed by atoms with E-state index in [1.54, 1.807) is 33.0 Å². The minimum absolute atomic E-state index is 0.0216. The average molecular weight is 402 g/mol. The Morgan fingerprint density at radius 2 is 2.12 bits per heavy atom. The SMILES string of the molecule is C=CNC(=NS(=O)(=O)c1ccccc1Cl)N(C)C(C)C=NC(F)=NCC. The topological polar surface area (TPSA) is 86.5 Å². The number of hydrogen-bond donors (Lipinski definition) is 1. The lowest BCUT2D eigenvalue weighted by Gasteiger charge is -2.24. The van der Waals surface area contributed by atoms with Gasteiger partial charge in [-0.15, -0.1) is 4.40 Å². The third-order valence-corrected chi connectivity index (χ3v) is 4.95. The van der Waals surface area contributed by atoms with Gasteiger partial charge in [0.05, 0.1) is 11.1 Å². The van der Waals surface area contributed by atoms with Gasteiger partial charge in [0.25, 0.3) is 10.0 Å². The van der Waals surface area contributed by atoms with Gasteiger partial charge in [-0.1, -0.05) is 30.3 Å². The summed E-state index contributed by atoms with van der Waals surface area (Å²) in [5.74, 6) is -0.0216. The summed E-state index contributed by atoms with van der Waals surface area (Å²) >= 11 is 5.95. The first-order chi connectivity index (χ1) is 12.2. The van der Waals surface area contributed by atoms with Gasteiger partial charge in [-0.05, 0) is 32.2 Å². The van der Waals surface area contributed by atoms with Gasteiger partial charge in [-0.25, -0.2) is 9.98 Å². The molecule has 0 saturated heterocycles. The molecule has 0 aliphatic heterocycles. The predicted octanol–water partition coefficient (Wildman–Crippen LogP) is 2.85. The van der Waals surface area contributed by atoms with Crippen LogP contribution in [0.25, 0.3) is 0 Å². The number of amidine groups is 1. The normalized spacial score (nSPS) is 14.3. The Bertz CT molecular complexity index is 824. The van der Waals surface area contributed by atoms with Crippen LogP contribution in [-0.4, -0.2) is 51.2 Å². The van der Waals surface area contributed by atoms with Crippen molar-refractivity contribution in [3.63, 3.8) is 0 Å². The smallest absolute Gasteiger partial charge is 0.303 e.